The Bertz CT molecular complexity index is 970. The lowest BCUT2D eigenvalue weighted by Gasteiger charge is -2.31. The van der Waals surface area contributed by atoms with E-state index >= 15 is 0 Å². The second kappa shape index (κ2) is 9.63. The summed E-state index contributed by atoms with van der Waals surface area (Å²) in [6.07, 6.45) is 0.852. The van der Waals surface area contributed by atoms with E-state index in [9.17, 15) is 4.79 Å². The molecule has 3 N–H and O–H groups in total. The first-order chi connectivity index (χ1) is 14.4. The van der Waals surface area contributed by atoms with Crippen molar-refractivity contribution in [3.8, 4) is 11.5 Å². The fraction of sp³-hybridized carbons (Fsp3) is 0.304. The molecule has 0 unspecified atom stereocenters. The van der Waals surface area contributed by atoms with Crippen molar-refractivity contribution in [2.45, 2.75) is 33.2 Å². The second-order valence-electron chi connectivity index (χ2n) is 7.12. The number of thiocarbonyl (C=S) groups is 1. The average molecular weight is 426 g/mol. The van der Waals surface area contributed by atoms with Gasteiger partial charge in [-0.15, -0.1) is 0 Å². The highest BCUT2D eigenvalue weighted by Gasteiger charge is 2.32. The fourth-order valence-corrected chi connectivity index (χ4v) is 3.61. The summed E-state index contributed by atoms with van der Waals surface area (Å²) in [6, 6.07) is 12.8. The van der Waals surface area contributed by atoms with Gasteiger partial charge in [-0.05, 0) is 50.7 Å². The number of hydrogen-bond donors (Lipinski definition) is 3. The lowest BCUT2D eigenvalue weighted by Crippen LogP contribution is -2.45. The molecule has 1 heterocycles. The molecule has 0 aromatic heterocycles. The molecule has 3 rings (SSSR count). The van der Waals surface area contributed by atoms with Crippen LogP contribution in [-0.4, -0.2) is 24.7 Å². The van der Waals surface area contributed by atoms with Gasteiger partial charge in [0.1, 0.15) is 0 Å². The molecule has 0 saturated heterocycles. The molecule has 0 fully saturated rings. The number of rotatable bonds is 7. The van der Waals surface area contributed by atoms with Crippen LogP contribution in [0.4, 0.5) is 5.69 Å². The van der Waals surface area contributed by atoms with Crippen LogP contribution in [0.15, 0.2) is 53.7 Å². The van der Waals surface area contributed by atoms with E-state index in [-0.39, 0.29) is 5.91 Å². The van der Waals surface area contributed by atoms with E-state index in [0.29, 0.717) is 34.5 Å². The van der Waals surface area contributed by atoms with E-state index in [0.717, 1.165) is 23.2 Å². The quantitative estimate of drug-likeness (QED) is 0.577. The minimum absolute atomic E-state index is 0.215. The van der Waals surface area contributed by atoms with Gasteiger partial charge in [0, 0.05) is 16.9 Å². The van der Waals surface area contributed by atoms with E-state index in [4.69, 9.17) is 21.7 Å². The Labute approximate surface area is 182 Å². The number of ether oxygens (including phenoxy) is 2. The van der Waals surface area contributed by atoms with Crippen LogP contribution in [0.25, 0.3) is 0 Å². The SMILES string of the molecule is CCCOc1c(OC)cccc1[C@H]1NC(=S)NC(C)=C1C(=O)Nc1ccc(C)cc1. The Morgan fingerprint density at radius 1 is 1.17 bits per heavy atom. The van der Waals surface area contributed by atoms with E-state index in [2.05, 4.69) is 16.0 Å². The minimum Gasteiger partial charge on any atom is -0.493 e. The van der Waals surface area contributed by atoms with Crippen molar-refractivity contribution in [2.75, 3.05) is 19.0 Å². The molecule has 1 atom stereocenters. The Morgan fingerprint density at radius 3 is 2.57 bits per heavy atom. The van der Waals surface area contributed by atoms with Crippen LogP contribution in [0.5, 0.6) is 11.5 Å². The van der Waals surface area contributed by atoms with Crippen LogP contribution < -0.4 is 25.4 Å². The maximum atomic E-state index is 13.3. The number of aryl methyl sites for hydroxylation is 1. The molecular formula is C23H27N3O3S. The average Bonchev–Trinajstić information content (AvgIpc) is 2.72. The van der Waals surface area contributed by atoms with Gasteiger partial charge in [0.25, 0.3) is 5.91 Å². The summed E-state index contributed by atoms with van der Waals surface area (Å²) < 4.78 is 11.5. The minimum atomic E-state index is -0.480. The number of methoxy groups -OCH3 is 1. The first-order valence-electron chi connectivity index (χ1n) is 9.90. The summed E-state index contributed by atoms with van der Waals surface area (Å²) in [5, 5.41) is 9.72. The first-order valence-corrected chi connectivity index (χ1v) is 10.3. The fourth-order valence-electron chi connectivity index (χ4n) is 3.34. The summed E-state index contributed by atoms with van der Waals surface area (Å²) in [7, 11) is 1.60. The van der Waals surface area contributed by atoms with Gasteiger partial charge in [0.2, 0.25) is 0 Å². The third kappa shape index (κ3) is 4.74. The molecule has 1 amide bonds. The number of anilines is 1. The number of allylic oxidation sites excluding steroid dienone is 1. The van der Waals surface area contributed by atoms with Gasteiger partial charge in [0.15, 0.2) is 16.6 Å². The first kappa shape index (κ1) is 21.6. The normalized spacial score (nSPS) is 15.9. The van der Waals surface area contributed by atoms with Gasteiger partial charge < -0.3 is 25.4 Å². The van der Waals surface area contributed by atoms with Gasteiger partial charge in [-0.3, -0.25) is 4.79 Å². The molecule has 30 heavy (non-hydrogen) atoms. The molecule has 0 spiro atoms. The summed E-state index contributed by atoms with van der Waals surface area (Å²) in [4.78, 5) is 13.3. The number of carbonyl (C=O) groups is 1. The van der Waals surface area contributed by atoms with Crippen molar-refractivity contribution >= 4 is 28.9 Å². The number of carbonyl (C=O) groups excluding carboxylic acids is 1. The number of hydrogen-bond acceptors (Lipinski definition) is 4. The summed E-state index contributed by atoms with van der Waals surface area (Å²) in [5.74, 6) is 1.01. The topological polar surface area (TPSA) is 71.6 Å². The van der Waals surface area contributed by atoms with Crippen LogP contribution in [0, 0.1) is 6.92 Å². The van der Waals surface area contributed by atoms with Gasteiger partial charge in [-0.1, -0.05) is 36.8 Å². The number of amides is 1. The molecule has 2 aromatic rings. The van der Waals surface area contributed by atoms with Crippen LogP contribution in [0.2, 0.25) is 0 Å². The Hall–Kier alpha value is -3.06. The van der Waals surface area contributed by atoms with Crippen LogP contribution in [-0.2, 0) is 4.79 Å². The lowest BCUT2D eigenvalue weighted by atomic mass is 9.93. The molecule has 7 heteroatoms. The Balaban J connectivity index is 2.01. The maximum Gasteiger partial charge on any atom is 0.255 e. The monoisotopic (exact) mass is 425 g/mol. The molecule has 1 aliphatic heterocycles. The molecule has 0 bridgehead atoms. The second-order valence-corrected chi connectivity index (χ2v) is 7.53. The number of benzene rings is 2. The molecule has 0 radical (unpaired) electrons. The van der Waals surface area contributed by atoms with E-state index < -0.39 is 6.04 Å². The van der Waals surface area contributed by atoms with Gasteiger partial charge in [-0.2, -0.15) is 0 Å². The zero-order valence-electron chi connectivity index (χ0n) is 17.7. The predicted octanol–water partition coefficient (Wildman–Crippen LogP) is 4.22. The number of para-hydroxylation sites is 1. The molecular weight excluding hydrogens is 398 g/mol. The van der Waals surface area contributed by atoms with Gasteiger partial charge in [0.05, 0.1) is 25.3 Å². The molecule has 1 aliphatic rings. The van der Waals surface area contributed by atoms with Crippen LogP contribution >= 0.6 is 12.2 Å². The standard InChI is InChI=1S/C23H27N3O3S/c1-5-13-29-21-17(7-6-8-18(21)28-4)20-19(15(3)24-23(30)26-20)22(27)25-16-11-9-14(2)10-12-16/h6-12,20H,5,13H2,1-4H3,(H,25,27)(H2,24,26,30)/t20-/m1/s1. The van der Waals surface area contributed by atoms with Gasteiger partial charge >= 0.3 is 0 Å². The largest absolute Gasteiger partial charge is 0.493 e. The zero-order valence-corrected chi connectivity index (χ0v) is 18.5. The van der Waals surface area contributed by atoms with Crippen molar-refractivity contribution in [2.24, 2.45) is 0 Å². The third-order valence-corrected chi connectivity index (χ3v) is 5.03. The van der Waals surface area contributed by atoms with Crippen molar-refractivity contribution in [1.82, 2.24) is 10.6 Å². The van der Waals surface area contributed by atoms with Crippen molar-refractivity contribution in [3.05, 3.63) is 64.9 Å². The van der Waals surface area contributed by atoms with Crippen molar-refractivity contribution < 1.29 is 14.3 Å². The van der Waals surface area contributed by atoms with Crippen LogP contribution in [0.1, 0.15) is 37.4 Å². The summed E-state index contributed by atoms with van der Waals surface area (Å²) in [6.45, 7) is 6.43. The summed E-state index contributed by atoms with van der Waals surface area (Å²) >= 11 is 5.38. The smallest absolute Gasteiger partial charge is 0.255 e. The molecule has 158 valence electrons. The predicted molar refractivity (Wildman–Crippen MR) is 123 cm³/mol. The Kier molecular flexibility index (Phi) is 6.95. The van der Waals surface area contributed by atoms with E-state index in [1.807, 2.05) is 63.2 Å². The molecule has 0 aliphatic carbocycles. The highest BCUT2D eigenvalue weighted by Crippen LogP contribution is 2.39. The van der Waals surface area contributed by atoms with Crippen LogP contribution in [0.3, 0.4) is 0 Å². The third-order valence-electron chi connectivity index (χ3n) is 4.81. The van der Waals surface area contributed by atoms with Crippen molar-refractivity contribution in [3.63, 3.8) is 0 Å². The molecule has 6 nitrogen and oxygen atoms in total. The Morgan fingerprint density at radius 2 is 1.90 bits per heavy atom. The summed E-state index contributed by atoms with van der Waals surface area (Å²) in [5.41, 5.74) is 3.88. The molecule has 2 aromatic carbocycles. The van der Waals surface area contributed by atoms with E-state index in [1.54, 1.807) is 7.11 Å². The zero-order chi connectivity index (χ0) is 21.7. The molecule has 0 saturated carbocycles. The van der Waals surface area contributed by atoms with E-state index in [1.165, 1.54) is 0 Å². The number of nitrogens with one attached hydrogen (secondary N) is 3. The lowest BCUT2D eigenvalue weighted by molar-refractivity contribution is -0.113. The maximum absolute atomic E-state index is 13.3. The van der Waals surface area contributed by atoms with Crippen molar-refractivity contribution in [1.29, 1.82) is 0 Å². The highest BCUT2D eigenvalue weighted by molar-refractivity contribution is 7.80. The van der Waals surface area contributed by atoms with Gasteiger partial charge in [-0.25, -0.2) is 0 Å². The highest BCUT2D eigenvalue weighted by atomic mass is 32.1.